The van der Waals surface area contributed by atoms with Crippen molar-refractivity contribution in [1.82, 2.24) is 24.8 Å². The Bertz CT molecular complexity index is 727. The highest BCUT2D eigenvalue weighted by Crippen LogP contribution is 2.20. The Morgan fingerprint density at radius 1 is 1.24 bits per heavy atom. The molecule has 0 aliphatic heterocycles. The first-order valence-corrected chi connectivity index (χ1v) is 6.97. The van der Waals surface area contributed by atoms with Gasteiger partial charge < -0.3 is 9.88 Å². The Labute approximate surface area is 123 Å². The maximum Gasteiger partial charge on any atom is 0.181 e. The molecule has 0 radical (unpaired) electrons. The number of benzene rings is 1. The maximum atomic E-state index is 4.03. The molecule has 108 valence electrons. The molecule has 0 spiro atoms. The lowest BCUT2D eigenvalue weighted by molar-refractivity contribution is 0.714. The highest BCUT2D eigenvalue weighted by Gasteiger charge is 2.06. The third-order valence-corrected chi connectivity index (χ3v) is 3.41. The summed E-state index contributed by atoms with van der Waals surface area (Å²) in [5, 5.41) is 15.0. The molecule has 0 unspecified atom stereocenters. The van der Waals surface area contributed by atoms with E-state index in [-0.39, 0.29) is 0 Å². The van der Waals surface area contributed by atoms with Crippen LogP contribution in [0.15, 0.2) is 42.7 Å². The number of aromatic nitrogens is 5. The molecule has 2 aromatic heterocycles. The Morgan fingerprint density at radius 2 is 2.14 bits per heavy atom. The average molecular weight is 282 g/mol. The van der Waals surface area contributed by atoms with Crippen molar-refractivity contribution in [1.29, 1.82) is 0 Å². The zero-order chi connectivity index (χ0) is 14.7. The van der Waals surface area contributed by atoms with Crippen LogP contribution in [-0.4, -0.2) is 24.8 Å². The van der Waals surface area contributed by atoms with Crippen LogP contribution in [0.4, 0.5) is 5.69 Å². The van der Waals surface area contributed by atoms with Gasteiger partial charge in [-0.25, -0.2) is 4.68 Å². The lowest BCUT2D eigenvalue weighted by Gasteiger charge is -2.07. The number of nitrogens with one attached hydrogen (secondary N) is 1. The van der Waals surface area contributed by atoms with E-state index in [4.69, 9.17) is 0 Å². The number of nitrogens with zero attached hydrogens (tertiary/aromatic N) is 5. The molecule has 6 heteroatoms. The van der Waals surface area contributed by atoms with Crippen molar-refractivity contribution in [3.8, 4) is 11.4 Å². The number of hydrogen-bond donors (Lipinski definition) is 1. The van der Waals surface area contributed by atoms with Crippen LogP contribution in [0.5, 0.6) is 0 Å². The van der Waals surface area contributed by atoms with E-state index >= 15 is 0 Å². The van der Waals surface area contributed by atoms with Crippen LogP contribution >= 0.6 is 0 Å². The number of hydrogen-bond acceptors (Lipinski definition) is 4. The molecule has 1 N–H and O–H groups in total. The van der Waals surface area contributed by atoms with Gasteiger partial charge in [0.15, 0.2) is 5.82 Å². The summed E-state index contributed by atoms with van der Waals surface area (Å²) in [4.78, 5) is 0. The van der Waals surface area contributed by atoms with Crippen molar-refractivity contribution in [2.75, 3.05) is 5.32 Å². The third-order valence-electron chi connectivity index (χ3n) is 3.41. The standard InChI is InChI=1S/C15H18N6/c1-3-21-8-7-12(11-21)10-16-14-6-4-5-13(9-14)15-17-18-19-20(15)2/h4-9,11,16H,3,10H2,1-2H3. The predicted molar refractivity (Wildman–Crippen MR) is 81.7 cm³/mol. The van der Waals surface area contributed by atoms with E-state index in [1.807, 2.05) is 25.2 Å². The van der Waals surface area contributed by atoms with Gasteiger partial charge >= 0.3 is 0 Å². The summed E-state index contributed by atoms with van der Waals surface area (Å²) >= 11 is 0. The average Bonchev–Trinajstić information content (AvgIpc) is 3.14. The molecular formula is C15H18N6. The maximum absolute atomic E-state index is 4.03. The summed E-state index contributed by atoms with van der Waals surface area (Å²) < 4.78 is 3.83. The normalized spacial score (nSPS) is 10.8. The second kappa shape index (κ2) is 5.78. The van der Waals surface area contributed by atoms with Crippen molar-refractivity contribution in [2.24, 2.45) is 7.05 Å². The zero-order valence-corrected chi connectivity index (χ0v) is 12.2. The molecule has 21 heavy (non-hydrogen) atoms. The summed E-state index contributed by atoms with van der Waals surface area (Å²) in [6.07, 6.45) is 4.25. The highest BCUT2D eigenvalue weighted by atomic mass is 15.5. The van der Waals surface area contributed by atoms with Crippen LogP contribution in [0.2, 0.25) is 0 Å². The summed E-state index contributed by atoms with van der Waals surface area (Å²) in [7, 11) is 1.84. The second-order valence-corrected chi connectivity index (χ2v) is 4.91. The predicted octanol–water partition coefficient (Wildman–Crippen LogP) is 2.31. The number of aryl methyl sites for hydroxylation is 2. The van der Waals surface area contributed by atoms with Gasteiger partial charge in [-0.1, -0.05) is 12.1 Å². The molecule has 6 nitrogen and oxygen atoms in total. The van der Waals surface area contributed by atoms with Crippen LogP contribution in [0.25, 0.3) is 11.4 Å². The van der Waals surface area contributed by atoms with Gasteiger partial charge in [0.2, 0.25) is 0 Å². The molecule has 0 bridgehead atoms. The Hall–Kier alpha value is -2.63. The molecular weight excluding hydrogens is 264 g/mol. The SMILES string of the molecule is CCn1ccc(CNc2cccc(-c3nnnn3C)c2)c1. The molecule has 1 aromatic carbocycles. The molecule has 0 saturated heterocycles. The molecule has 0 aliphatic carbocycles. The molecule has 2 heterocycles. The van der Waals surface area contributed by atoms with E-state index < -0.39 is 0 Å². The van der Waals surface area contributed by atoms with E-state index in [2.05, 4.69) is 56.9 Å². The van der Waals surface area contributed by atoms with Gasteiger partial charge in [0.05, 0.1) is 0 Å². The Morgan fingerprint density at radius 3 is 2.86 bits per heavy atom. The largest absolute Gasteiger partial charge is 0.381 e. The number of rotatable bonds is 5. The molecule has 3 aromatic rings. The minimum atomic E-state index is 0.760. The first-order valence-electron chi connectivity index (χ1n) is 6.97. The van der Waals surface area contributed by atoms with Gasteiger partial charge in [-0.2, -0.15) is 0 Å². The molecule has 0 fully saturated rings. The Kier molecular flexibility index (Phi) is 3.68. The van der Waals surface area contributed by atoms with E-state index in [9.17, 15) is 0 Å². The van der Waals surface area contributed by atoms with Gasteiger partial charge in [0.25, 0.3) is 0 Å². The molecule has 0 atom stereocenters. The number of tetrazole rings is 1. The molecule has 0 saturated carbocycles. The smallest absolute Gasteiger partial charge is 0.181 e. The highest BCUT2D eigenvalue weighted by molar-refractivity contribution is 5.62. The zero-order valence-electron chi connectivity index (χ0n) is 12.2. The Balaban J connectivity index is 1.73. The lowest BCUT2D eigenvalue weighted by atomic mass is 10.2. The van der Waals surface area contributed by atoms with Crippen molar-refractivity contribution < 1.29 is 0 Å². The fourth-order valence-corrected chi connectivity index (χ4v) is 2.24. The topological polar surface area (TPSA) is 60.6 Å². The van der Waals surface area contributed by atoms with Crippen LogP contribution in [0, 0.1) is 0 Å². The quantitative estimate of drug-likeness (QED) is 0.780. The second-order valence-electron chi connectivity index (χ2n) is 4.91. The van der Waals surface area contributed by atoms with E-state index in [1.54, 1.807) is 4.68 Å². The lowest BCUT2D eigenvalue weighted by Crippen LogP contribution is -2.00. The van der Waals surface area contributed by atoms with Crippen LogP contribution in [0.1, 0.15) is 12.5 Å². The van der Waals surface area contributed by atoms with Crippen molar-refractivity contribution >= 4 is 5.69 Å². The summed E-state index contributed by atoms with van der Waals surface area (Å²) in [5.74, 6) is 0.760. The van der Waals surface area contributed by atoms with Crippen molar-refractivity contribution in [2.45, 2.75) is 20.0 Å². The fraction of sp³-hybridized carbons (Fsp3) is 0.267. The van der Waals surface area contributed by atoms with Gasteiger partial charge in [-0.15, -0.1) is 5.10 Å². The van der Waals surface area contributed by atoms with E-state index in [1.165, 1.54) is 5.56 Å². The first kappa shape index (κ1) is 13.4. The van der Waals surface area contributed by atoms with Gasteiger partial charge in [0.1, 0.15) is 0 Å². The summed E-state index contributed by atoms with van der Waals surface area (Å²) in [5.41, 5.74) is 3.32. The summed E-state index contributed by atoms with van der Waals surface area (Å²) in [6, 6.07) is 10.2. The van der Waals surface area contributed by atoms with Crippen LogP contribution < -0.4 is 5.32 Å². The monoisotopic (exact) mass is 282 g/mol. The number of anilines is 1. The molecule has 3 rings (SSSR count). The molecule has 0 amide bonds. The van der Waals surface area contributed by atoms with E-state index in [0.29, 0.717) is 0 Å². The first-order chi connectivity index (χ1) is 10.3. The van der Waals surface area contributed by atoms with Gasteiger partial charge in [-0.05, 0) is 41.1 Å². The van der Waals surface area contributed by atoms with Crippen molar-refractivity contribution in [3.63, 3.8) is 0 Å². The molecule has 0 aliphatic rings. The third kappa shape index (κ3) is 2.94. The minimum Gasteiger partial charge on any atom is -0.381 e. The van der Waals surface area contributed by atoms with E-state index in [0.717, 1.165) is 30.2 Å². The van der Waals surface area contributed by atoms with Crippen LogP contribution in [-0.2, 0) is 20.1 Å². The van der Waals surface area contributed by atoms with Gasteiger partial charge in [0, 0.05) is 43.8 Å². The summed E-state index contributed by atoms with van der Waals surface area (Å²) in [6.45, 7) is 3.93. The van der Waals surface area contributed by atoms with Crippen LogP contribution in [0.3, 0.4) is 0 Å². The van der Waals surface area contributed by atoms with Gasteiger partial charge in [-0.3, -0.25) is 0 Å². The fourth-order valence-electron chi connectivity index (χ4n) is 2.24. The minimum absolute atomic E-state index is 0.760. The van der Waals surface area contributed by atoms with Crippen molar-refractivity contribution in [3.05, 3.63) is 48.3 Å².